The molecular formula is C12H10BrFN2O2. The number of aryl methyl sites for hydroxylation is 1. The van der Waals surface area contributed by atoms with E-state index in [2.05, 4.69) is 21.0 Å². The van der Waals surface area contributed by atoms with Crippen molar-refractivity contribution in [3.63, 3.8) is 0 Å². The van der Waals surface area contributed by atoms with Gasteiger partial charge in [0.2, 0.25) is 0 Å². The normalized spacial score (nSPS) is 10.6. The first-order valence-electron chi connectivity index (χ1n) is 5.29. The molecule has 0 aliphatic rings. The Morgan fingerprint density at radius 1 is 1.56 bits per heavy atom. The molecule has 0 radical (unpaired) electrons. The number of benzene rings is 1. The van der Waals surface area contributed by atoms with Gasteiger partial charge in [0.25, 0.3) is 0 Å². The van der Waals surface area contributed by atoms with Gasteiger partial charge in [0.1, 0.15) is 17.1 Å². The smallest absolute Gasteiger partial charge is 0.339 e. The molecule has 0 fully saturated rings. The summed E-state index contributed by atoms with van der Waals surface area (Å²) < 4.78 is 15.9. The summed E-state index contributed by atoms with van der Waals surface area (Å²) in [6.07, 6.45) is 1.40. The van der Waals surface area contributed by atoms with E-state index < -0.39 is 11.8 Å². The fourth-order valence-corrected chi connectivity index (χ4v) is 1.95. The molecule has 0 saturated heterocycles. The van der Waals surface area contributed by atoms with Gasteiger partial charge in [-0.25, -0.2) is 9.18 Å². The van der Waals surface area contributed by atoms with Gasteiger partial charge in [0, 0.05) is 22.8 Å². The summed E-state index contributed by atoms with van der Waals surface area (Å²) in [4.78, 5) is 11.1. The van der Waals surface area contributed by atoms with Crippen LogP contribution < -0.4 is 0 Å². The topological polar surface area (TPSA) is 55.1 Å². The van der Waals surface area contributed by atoms with Gasteiger partial charge in [0.15, 0.2) is 0 Å². The maximum absolute atomic E-state index is 13.8. The molecular weight excluding hydrogens is 303 g/mol. The van der Waals surface area contributed by atoms with Crippen LogP contribution in [0.1, 0.15) is 17.3 Å². The molecule has 0 atom stereocenters. The molecule has 0 spiro atoms. The van der Waals surface area contributed by atoms with Gasteiger partial charge in [-0.1, -0.05) is 15.9 Å². The van der Waals surface area contributed by atoms with Crippen LogP contribution in [0.4, 0.5) is 4.39 Å². The highest BCUT2D eigenvalue weighted by atomic mass is 79.9. The van der Waals surface area contributed by atoms with E-state index in [0.29, 0.717) is 11.0 Å². The molecule has 1 aromatic heterocycles. The molecule has 1 N–H and O–H groups in total. The van der Waals surface area contributed by atoms with Gasteiger partial charge in [0.05, 0.1) is 0 Å². The van der Waals surface area contributed by atoms with E-state index in [0.717, 1.165) is 0 Å². The van der Waals surface area contributed by atoms with Crippen molar-refractivity contribution in [3.8, 4) is 11.3 Å². The molecule has 0 amide bonds. The average molecular weight is 313 g/mol. The van der Waals surface area contributed by atoms with E-state index in [1.165, 1.54) is 23.0 Å². The van der Waals surface area contributed by atoms with E-state index in [4.69, 9.17) is 5.11 Å². The Kier molecular flexibility index (Phi) is 3.47. The molecule has 1 heterocycles. The Balaban J connectivity index is 2.62. The summed E-state index contributed by atoms with van der Waals surface area (Å²) in [7, 11) is 0. The third kappa shape index (κ3) is 2.28. The van der Waals surface area contributed by atoms with E-state index >= 15 is 0 Å². The molecule has 0 unspecified atom stereocenters. The number of aromatic carboxylic acids is 1. The van der Waals surface area contributed by atoms with Crippen LogP contribution in [0, 0.1) is 5.82 Å². The number of rotatable bonds is 3. The summed E-state index contributed by atoms with van der Waals surface area (Å²) in [6, 6.07) is 4.44. The second-order valence-corrected chi connectivity index (χ2v) is 4.59. The van der Waals surface area contributed by atoms with Crippen LogP contribution in [0.2, 0.25) is 0 Å². The van der Waals surface area contributed by atoms with Crippen LogP contribution in [0.3, 0.4) is 0 Å². The maximum atomic E-state index is 13.8. The lowest BCUT2D eigenvalue weighted by Gasteiger charge is -2.01. The van der Waals surface area contributed by atoms with Crippen molar-refractivity contribution in [2.75, 3.05) is 0 Å². The maximum Gasteiger partial charge on any atom is 0.339 e. The SMILES string of the molecule is CCn1cc(C(=O)O)c(-c2ccc(Br)cc2F)n1. The monoisotopic (exact) mass is 312 g/mol. The largest absolute Gasteiger partial charge is 0.478 e. The van der Waals surface area contributed by atoms with E-state index in [1.54, 1.807) is 6.07 Å². The fraction of sp³-hybridized carbons (Fsp3) is 0.167. The van der Waals surface area contributed by atoms with Crippen molar-refractivity contribution in [3.05, 3.63) is 40.2 Å². The first-order chi connectivity index (χ1) is 8.52. The lowest BCUT2D eigenvalue weighted by molar-refractivity contribution is 0.0697. The quantitative estimate of drug-likeness (QED) is 0.947. The number of hydrogen-bond acceptors (Lipinski definition) is 2. The van der Waals surface area contributed by atoms with Crippen LogP contribution in [0.15, 0.2) is 28.9 Å². The molecule has 18 heavy (non-hydrogen) atoms. The number of carboxylic acid groups (broad SMARTS) is 1. The third-order valence-corrected chi connectivity index (χ3v) is 3.00. The van der Waals surface area contributed by atoms with Gasteiger partial charge in [-0.3, -0.25) is 4.68 Å². The Hall–Kier alpha value is -1.69. The predicted molar refractivity (Wildman–Crippen MR) is 68.0 cm³/mol. The van der Waals surface area contributed by atoms with Gasteiger partial charge in [-0.2, -0.15) is 5.10 Å². The molecule has 4 nitrogen and oxygen atoms in total. The Bertz CT molecular complexity index is 610. The molecule has 2 rings (SSSR count). The first-order valence-corrected chi connectivity index (χ1v) is 6.08. The Labute approximate surface area is 111 Å². The highest BCUT2D eigenvalue weighted by Gasteiger charge is 2.19. The van der Waals surface area contributed by atoms with E-state index in [9.17, 15) is 9.18 Å². The fourth-order valence-electron chi connectivity index (χ4n) is 1.62. The molecule has 2 aromatic rings. The molecule has 0 bridgehead atoms. The number of carbonyl (C=O) groups is 1. The summed E-state index contributed by atoms with van der Waals surface area (Å²) in [5.74, 6) is -1.62. The van der Waals surface area contributed by atoms with Crippen molar-refractivity contribution in [2.45, 2.75) is 13.5 Å². The van der Waals surface area contributed by atoms with Crippen LogP contribution >= 0.6 is 15.9 Å². The minimum absolute atomic E-state index is 0.00178. The summed E-state index contributed by atoms with van der Waals surface area (Å²) in [6.45, 7) is 2.36. The van der Waals surface area contributed by atoms with Crippen molar-refractivity contribution in [1.29, 1.82) is 0 Å². The van der Waals surface area contributed by atoms with Gasteiger partial charge < -0.3 is 5.11 Å². The molecule has 6 heteroatoms. The second kappa shape index (κ2) is 4.89. The Morgan fingerprint density at radius 3 is 2.83 bits per heavy atom. The highest BCUT2D eigenvalue weighted by molar-refractivity contribution is 9.10. The van der Waals surface area contributed by atoms with Crippen molar-refractivity contribution >= 4 is 21.9 Å². The van der Waals surface area contributed by atoms with Crippen molar-refractivity contribution in [1.82, 2.24) is 9.78 Å². The predicted octanol–water partition coefficient (Wildman–Crippen LogP) is 3.17. The summed E-state index contributed by atoms with van der Waals surface area (Å²) >= 11 is 3.15. The zero-order valence-corrected chi connectivity index (χ0v) is 11.1. The number of aromatic nitrogens is 2. The van der Waals surface area contributed by atoms with Crippen LogP contribution in [-0.2, 0) is 6.54 Å². The van der Waals surface area contributed by atoms with Gasteiger partial charge in [-0.05, 0) is 25.1 Å². The van der Waals surface area contributed by atoms with Crippen molar-refractivity contribution < 1.29 is 14.3 Å². The molecule has 1 aromatic carbocycles. The number of halogens is 2. The summed E-state index contributed by atoms with van der Waals surface area (Å²) in [5.41, 5.74) is 0.329. The van der Waals surface area contributed by atoms with Crippen LogP contribution in [0.25, 0.3) is 11.3 Å². The van der Waals surface area contributed by atoms with E-state index in [-0.39, 0.29) is 16.8 Å². The van der Waals surface area contributed by atoms with Gasteiger partial charge >= 0.3 is 5.97 Å². The molecule has 94 valence electrons. The zero-order valence-electron chi connectivity index (χ0n) is 9.52. The van der Waals surface area contributed by atoms with Crippen LogP contribution in [0.5, 0.6) is 0 Å². The third-order valence-electron chi connectivity index (χ3n) is 2.50. The zero-order chi connectivity index (χ0) is 13.3. The highest BCUT2D eigenvalue weighted by Crippen LogP contribution is 2.27. The van der Waals surface area contributed by atoms with E-state index in [1.807, 2.05) is 6.92 Å². The number of carboxylic acids is 1. The molecule has 0 saturated carbocycles. The lowest BCUT2D eigenvalue weighted by Crippen LogP contribution is -1.97. The summed E-state index contributed by atoms with van der Waals surface area (Å²) in [5, 5.41) is 13.2. The number of nitrogens with zero attached hydrogens (tertiary/aromatic N) is 2. The minimum atomic E-state index is -1.12. The molecule has 0 aliphatic carbocycles. The van der Waals surface area contributed by atoms with Gasteiger partial charge in [-0.15, -0.1) is 0 Å². The van der Waals surface area contributed by atoms with Crippen molar-refractivity contribution in [2.24, 2.45) is 0 Å². The standard InChI is InChI=1S/C12H10BrFN2O2/c1-2-16-6-9(12(17)18)11(15-16)8-4-3-7(13)5-10(8)14/h3-6H,2H2,1H3,(H,17,18). The Morgan fingerprint density at radius 2 is 2.28 bits per heavy atom. The lowest BCUT2D eigenvalue weighted by atomic mass is 10.1. The minimum Gasteiger partial charge on any atom is -0.478 e. The first kappa shape index (κ1) is 12.8. The number of hydrogen-bond donors (Lipinski definition) is 1. The van der Waals surface area contributed by atoms with Crippen LogP contribution in [-0.4, -0.2) is 20.9 Å². The molecule has 0 aliphatic heterocycles. The average Bonchev–Trinajstić information content (AvgIpc) is 2.73. The second-order valence-electron chi connectivity index (χ2n) is 3.68.